The second-order valence-electron chi connectivity index (χ2n) is 17.8. The van der Waals surface area contributed by atoms with E-state index in [2.05, 4.69) is 50.7 Å². The molecular weight excluding hydrogens is 889 g/mol. The number of fused-ring (bicyclic) bond motifs is 4. The monoisotopic (exact) mass is 944 g/mol. The number of hydrogen-bond acceptors (Lipinski definition) is 16. The highest BCUT2D eigenvalue weighted by molar-refractivity contribution is 5.93. The van der Waals surface area contributed by atoms with E-state index in [1.165, 1.54) is 0 Å². The molecule has 0 aromatic carbocycles. The van der Waals surface area contributed by atoms with E-state index in [0.717, 1.165) is 45.8 Å². The standard InChI is InChI=1S/2C25H28N8O2/c2*1-15(2)32-9-7-18-12-22(31-33(18)14-24(32)34)30-21-11-17-10-20(29-25(26)19(17)13-28-21)16(3)35-23-6-4-5-8-27-23/h2*4-6,8,10-13,15-16H,7,9,14H2,1-3H3,(H2,26,29)(H,28,30,31)/t2*16-/m10/s1. The number of carbonyl (C=O) groups excluding carboxylic acids is 2. The van der Waals surface area contributed by atoms with Crippen molar-refractivity contribution in [3.63, 3.8) is 0 Å². The van der Waals surface area contributed by atoms with Crippen LogP contribution in [0.4, 0.5) is 34.9 Å². The summed E-state index contributed by atoms with van der Waals surface area (Å²) in [6, 6.07) is 23.0. The number of nitrogens with zero attached hydrogens (tertiary/aromatic N) is 12. The summed E-state index contributed by atoms with van der Waals surface area (Å²) in [5.74, 6) is 4.50. The average molecular weight is 945 g/mol. The second-order valence-corrected chi connectivity index (χ2v) is 17.8. The van der Waals surface area contributed by atoms with E-state index in [9.17, 15) is 9.59 Å². The molecular formula is C50H56N16O4. The molecule has 10 heterocycles. The Morgan fingerprint density at radius 1 is 0.557 bits per heavy atom. The fourth-order valence-corrected chi connectivity index (χ4v) is 8.48. The lowest BCUT2D eigenvalue weighted by Crippen LogP contribution is -2.38. The van der Waals surface area contributed by atoms with E-state index in [4.69, 9.17) is 20.9 Å². The topological polar surface area (TPSA) is 248 Å². The number of amides is 2. The summed E-state index contributed by atoms with van der Waals surface area (Å²) in [4.78, 5) is 55.3. The van der Waals surface area contributed by atoms with Crippen LogP contribution in [-0.2, 0) is 35.5 Å². The Balaban J connectivity index is 0.000000174. The Bertz CT molecular complexity index is 2950. The van der Waals surface area contributed by atoms with E-state index < -0.39 is 0 Å². The molecule has 8 aromatic heterocycles. The molecule has 2 aliphatic rings. The van der Waals surface area contributed by atoms with Gasteiger partial charge in [0.1, 0.15) is 48.6 Å². The minimum absolute atomic E-state index is 0.0785. The highest BCUT2D eigenvalue weighted by Crippen LogP contribution is 2.30. The molecule has 2 amide bonds. The number of nitrogen functional groups attached to an aromatic ring is 2. The summed E-state index contributed by atoms with van der Waals surface area (Å²) in [6.45, 7) is 13.8. The first-order valence-electron chi connectivity index (χ1n) is 23.3. The first kappa shape index (κ1) is 46.7. The fourth-order valence-electron chi connectivity index (χ4n) is 8.48. The van der Waals surface area contributed by atoms with Gasteiger partial charge < -0.3 is 41.4 Å². The van der Waals surface area contributed by atoms with Gasteiger partial charge >= 0.3 is 0 Å². The molecule has 20 nitrogen and oxygen atoms in total. The molecule has 0 saturated heterocycles. The van der Waals surface area contributed by atoms with Crippen molar-refractivity contribution >= 4 is 68.3 Å². The lowest BCUT2D eigenvalue weighted by molar-refractivity contribution is -0.134. The minimum atomic E-state index is -0.340. The van der Waals surface area contributed by atoms with Gasteiger partial charge in [-0.3, -0.25) is 19.0 Å². The van der Waals surface area contributed by atoms with E-state index in [1.54, 1.807) is 46.3 Å². The molecule has 0 radical (unpaired) electrons. The molecule has 0 aliphatic carbocycles. The summed E-state index contributed by atoms with van der Waals surface area (Å²) >= 11 is 0. The van der Waals surface area contributed by atoms with Crippen molar-refractivity contribution in [3.8, 4) is 11.8 Å². The van der Waals surface area contributed by atoms with Crippen LogP contribution in [0, 0.1) is 0 Å². The number of rotatable bonds is 12. The van der Waals surface area contributed by atoms with Gasteiger partial charge in [0.2, 0.25) is 23.6 Å². The molecule has 0 fully saturated rings. The van der Waals surface area contributed by atoms with Gasteiger partial charge in [-0.15, -0.1) is 0 Å². The van der Waals surface area contributed by atoms with E-state index >= 15 is 0 Å². The maximum Gasteiger partial charge on any atom is 0.244 e. The lowest BCUT2D eigenvalue weighted by Gasteiger charge is -2.24. The normalized spacial score (nSPS) is 14.6. The first-order valence-corrected chi connectivity index (χ1v) is 23.3. The van der Waals surface area contributed by atoms with Crippen molar-refractivity contribution in [1.82, 2.24) is 59.3 Å². The van der Waals surface area contributed by atoms with Crippen molar-refractivity contribution < 1.29 is 19.1 Å². The summed E-state index contributed by atoms with van der Waals surface area (Å²) in [5.41, 5.74) is 15.9. The molecule has 0 saturated carbocycles. The van der Waals surface area contributed by atoms with Crippen molar-refractivity contribution in [1.29, 1.82) is 0 Å². The van der Waals surface area contributed by atoms with Crippen LogP contribution in [0.15, 0.2) is 97.6 Å². The van der Waals surface area contributed by atoms with Gasteiger partial charge in [0.05, 0.1) is 11.4 Å². The van der Waals surface area contributed by atoms with Crippen LogP contribution in [0.5, 0.6) is 11.8 Å². The molecule has 6 N–H and O–H groups in total. The number of nitrogens with two attached hydrogens (primary N) is 2. The largest absolute Gasteiger partial charge is 0.468 e. The van der Waals surface area contributed by atoms with Gasteiger partial charge in [0.25, 0.3) is 0 Å². The molecule has 70 heavy (non-hydrogen) atoms. The molecule has 0 unspecified atom stereocenters. The van der Waals surface area contributed by atoms with Crippen LogP contribution in [-0.4, -0.2) is 96.3 Å². The van der Waals surface area contributed by atoms with Crippen LogP contribution in [0.3, 0.4) is 0 Å². The molecule has 360 valence electrons. The number of nitrogens with one attached hydrogen (secondary N) is 2. The molecule has 10 rings (SSSR count). The van der Waals surface area contributed by atoms with Crippen LogP contribution in [0.25, 0.3) is 21.5 Å². The smallest absolute Gasteiger partial charge is 0.244 e. The van der Waals surface area contributed by atoms with Crippen LogP contribution in [0.1, 0.15) is 76.5 Å². The highest BCUT2D eigenvalue weighted by atomic mass is 16.5. The van der Waals surface area contributed by atoms with Crippen molar-refractivity contribution in [2.75, 3.05) is 35.2 Å². The van der Waals surface area contributed by atoms with Gasteiger partial charge in [0.15, 0.2) is 11.6 Å². The Labute approximate surface area is 404 Å². The molecule has 8 aromatic rings. The maximum absolute atomic E-state index is 12.6. The highest BCUT2D eigenvalue weighted by Gasteiger charge is 2.26. The maximum atomic E-state index is 12.6. The van der Waals surface area contributed by atoms with Crippen LogP contribution < -0.4 is 31.6 Å². The van der Waals surface area contributed by atoms with Crippen LogP contribution >= 0.6 is 0 Å². The Kier molecular flexibility index (Phi) is 13.4. The zero-order chi connectivity index (χ0) is 49.1. The summed E-state index contributed by atoms with van der Waals surface area (Å²) in [7, 11) is 0. The number of aromatic nitrogens is 10. The SMILES string of the molecule is CC(C)N1CCc2cc(Nc3cc4cc([C@@H](C)Oc5ccccn5)nc(N)c4cn3)nn2CC1=O.CC(C)N1CCc2cc(Nc3cc4cc([C@H](C)Oc5ccccn5)nc(N)c4cn3)nn2CC1=O. The quantitative estimate of drug-likeness (QED) is 0.0966. The summed E-state index contributed by atoms with van der Waals surface area (Å²) in [5, 5.41) is 19.0. The summed E-state index contributed by atoms with van der Waals surface area (Å²) < 4.78 is 15.4. The Morgan fingerprint density at radius 3 is 1.37 bits per heavy atom. The number of hydrogen-bond donors (Lipinski definition) is 4. The van der Waals surface area contributed by atoms with E-state index in [0.29, 0.717) is 71.1 Å². The van der Waals surface area contributed by atoms with Crippen molar-refractivity contribution in [2.45, 2.75) is 91.8 Å². The van der Waals surface area contributed by atoms with Gasteiger partial charge in [-0.25, -0.2) is 29.9 Å². The number of carbonyl (C=O) groups is 2. The molecule has 20 heteroatoms. The third kappa shape index (κ3) is 10.5. The summed E-state index contributed by atoms with van der Waals surface area (Å²) in [6.07, 6.45) is 7.57. The lowest BCUT2D eigenvalue weighted by atomic mass is 10.1. The first-order chi connectivity index (χ1) is 33.7. The molecule has 0 spiro atoms. The second kappa shape index (κ2) is 20.0. The van der Waals surface area contributed by atoms with Gasteiger partial charge in [-0.05, 0) is 88.7 Å². The number of ether oxygens (including phenoxy) is 2. The average Bonchev–Trinajstić information content (AvgIpc) is 3.79. The van der Waals surface area contributed by atoms with E-state index in [1.807, 2.05) is 112 Å². The third-order valence-corrected chi connectivity index (χ3v) is 12.1. The minimum Gasteiger partial charge on any atom is -0.468 e. The predicted molar refractivity (Wildman–Crippen MR) is 267 cm³/mol. The van der Waals surface area contributed by atoms with Crippen LogP contribution in [0.2, 0.25) is 0 Å². The van der Waals surface area contributed by atoms with Gasteiger partial charge in [0, 0.05) is 109 Å². The van der Waals surface area contributed by atoms with E-state index in [-0.39, 0.29) is 49.2 Å². The molecule has 2 aliphatic heterocycles. The predicted octanol–water partition coefficient (Wildman–Crippen LogP) is 6.96. The Morgan fingerprint density at radius 2 is 0.986 bits per heavy atom. The van der Waals surface area contributed by atoms with Gasteiger partial charge in [-0.2, -0.15) is 10.2 Å². The van der Waals surface area contributed by atoms with Crippen molar-refractivity contribution in [2.24, 2.45) is 0 Å². The van der Waals surface area contributed by atoms with Crippen molar-refractivity contribution in [3.05, 3.63) is 120 Å². The zero-order valence-corrected chi connectivity index (χ0v) is 39.9. The van der Waals surface area contributed by atoms with Gasteiger partial charge in [-0.1, -0.05) is 12.1 Å². The number of pyridine rings is 6. The Hall–Kier alpha value is -8.42. The fraction of sp³-hybridized carbons (Fsp3) is 0.320. The number of anilines is 6. The third-order valence-electron chi connectivity index (χ3n) is 12.1. The molecule has 0 bridgehead atoms. The molecule has 2 atom stereocenters. The zero-order valence-electron chi connectivity index (χ0n) is 39.9.